The topological polar surface area (TPSA) is 112 Å². The van der Waals surface area contributed by atoms with Crippen molar-refractivity contribution in [1.29, 1.82) is 0 Å². The predicted octanol–water partition coefficient (Wildman–Crippen LogP) is 3.30. The van der Waals surface area contributed by atoms with Gasteiger partial charge >= 0.3 is 11.9 Å². The molecule has 0 aliphatic rings. The van der Waals surface area contributed by atoms with Crippen molar-refractivity contribution in [1.82, 2.24) is 0 Å². The van der Waals surface area contributed by atoms with Crippen molar-refractivity contribution in [3.05, 3.63) is 23.3 Å². The van der Waals surface area contributed by atoms with E-state index >= 15 is 0 Å². The Kier molecular flexibility index (Phi) is 5.80. The lowest BCUT2D eigenvalue weighted by Crippen LogP contribution is -2.24. The van der Waals surface area contributed by atoms with Gasteiger partial charge in [0.15, 0.2) is 17.1 Å². The fourth-order valence-corrected chi connectivity index (χ4v) is 1.43. The van der Waals surface area contributed by atoms with Crippen LogP contribution in [0, 0.1) is 0 Å². The molecule has 0 bridgehead atoms. The minimum atomic E-state index is -1.45. The Labute approximate surface area is 139 Å². The van der Waals surface area contributed by atoms with Crippen LogP contribution in [0.15, 0.2) is 12.1 Å². The maximum absolute atomic E-state index is 11.6. The summed E-state index contributed by atoms with van der Waals surface area (Å²) in [5.74, 6) is -3.48. The van der Waals surface area contributed by atoms with E-state index in [9.17, 15) is 19.8 Å². The summed E-state index contributed by atoms with van der Waals surface area (Å²) in [6.45, 7) is 10.1. The van der Waals surface area contributed by atoms with Gasteiger partial charge in [0, 0.05) is 0 Å². The summed E-state index contributed by atoms with van der Waals surface area (Å²) < 4.78 is 0. The molecule has 0 unspecified atom stereocenters. The fourth-order valence-electron chi connectivity index (χ4n) is 1.43. The molecule has 1 aromatic carbocycles. The first-order chi connectivity index (χ1) is 10.8. The van der Waals surface area contributed by atoms with Crippen molar-refractivity contribution in [3.63, 3.8) is 0 Å². The van der Waals surface area contributed by atoms with E-state index in [0.29, 0.717) is 0 Å². The van der Waals surface area contributed by atoms with Gasteiger partial charge in [0.1, 0.15) is 16.8 Å². The Morgan fingerprint density at radius 3 is 1.75 bits per heavy atom. The highest BCUT2D eigenvalue weighted by atomic mass is 17.2. The molecule has 0 fully saturated rings. The number of carbonyl (C=O) groups is 2. The summed E-state index contributed by atoms with van der Waals surface area (Å²) in [6.07, 6.45) is 0. The maximum Gasteiger partial charge on any atom is 0.343 e. The highest BCUT2D eigenvalue weighted by Gasteiger charge is 2.29. The number of carboxylic acid groups (broad SMARTS) is 2. The van der Waals surface area contributed by atoms with Crippen molar-refractivity contribution in [2.24, 2.45) is 0 Å². The number of rotatable bonds is 6. The van der Waals surface area contributed by atoms with E-state index in [1.165, 1.54) is 6.07 Å². The number of benzene rings is 1. The van der Waals surface area contributed by atoms with Crippen LogP contribution in [0.4, 0.5) is 0 Å². The van der Waals surface area contributed by atoms with Crippen LogP contribution in [0.25, 0.3) is 0 Å². The van der Waals surface area contributed by atoms with Crippen molar-refractivity contribution >= 4 is 11.9 Å². The van der Waals surface area contributed by atoms with Crippen LogP contribution in [-0.2, 0) is 9.78 Å². The van der Waals surface area contributed by atoms with Crippen LogP contribution in [0.2, 0.25) is 0 Å². The Morgan fingerprint density at radius 1 is 0.833 bits per heavy atom. The second-order valence-corrected chi connectivity index (χ2v) is 6.98. The molecular weight excluding hydrogens is 320 g/mol. The lowest BCUT2D eigenvalue weighted by atomic mass is 10.1. The molecule has 8 heteroatoms. The number of hydrogen-bond donors (Lipinski definition) is 2. The lowest BCUT2D eigenvalue weighted by molar-refractivity contribution is -0.279. The lowest BCUT2D eigenvalue weighted by Gasteiger charge is -2.22. The van der Waals surface area contributed by atoms with Gasteiger partial charge in [-0.1, -0.05) is 0 Å². The SMILES string of the molecule is CC(C)(C)OOc1ccc(C(=O)O)c(OOC(C)(C)C)c1C(=O)O. The average molecular weight is 342 g/mol. The smallest absolute Gasteiger partial charge is 0.343 e. The van der Waals surface area contributed by atoms with E-state index in [4.69, 9.17) is 19.6 Å². The van der Waals surface area contributed by atoms with Crippen molar-refractivity contribution in [3.8, 4) is 11.5 Å². The van der Waals surface area contributed by atoms with Crippen LogP contribution in [0.3, 0.4) is 0 Å². The van der Waals surface area contributed by atoms with Gasteiger partial charge in [-0.15, -0.1) is 0 Å². The molecule has 0 amide bonds. The number of aromatic carboxylic acids is 2. The summed E-state index contributed by atoms with van der Waals surface area (Å²) in [6, 6.07) is 2.33. The zero-order valence-corrected chi connectivity index (χ0v) is 14.5. The quantitative estimate of drug-likeness (QED) is 0.598. The van der Waals surface area contributed by atoms with Crippen LogP contribution in [0.1, 0.15) is 62.3 Å². The largest absolute Gasteiger partial charge is 0.478 e. The molecule has 0 aliphatic heterocycles. The van der Waals surface area contributed by atoms with E-state index in [1.807, 2.05) is 0 Å². The molecule has 1 rings (SSSR count). The molecule has 0 saturated heterocycles. The Bertz CT molecular complexity index is 622. The molecule has 0 atom stereocenters. The summed E-state index contributed by atoms with van der Waals surface area (Å²) in [4.78, 5) is 43.2. The monoisotopic (exact) mass is 342 g/mol. The van der Waals surface area contributed by atoms with Crippen molar-refractivity contribution in [2.75, 3.05) is 0 Å². The van der Waals surface area contributed by atoms with Gasteiger partial charge in [0.05, 0.1) is 0 Å². The first-order valence-electron chi connectivity index (χ1n) is 7.17. The van der Waals surface area contributed by atoms with Crippen LogP contribution in [-0.4, -0.2) is 33.4 Å². The first-order valence-corrected chi connectivity index (χ1v) is 7.17. The van der Waals surface area contributed by atoms with E-state index in [2.05, 4.69) is 0 Å². The molecule has 0 aliphatic carbocycles. The van der Waals surface area contributed by atoms with E-state index in [0.717, 1.165) is 6.07 Å². The van der Waals surface area contributed by atoms with Gasteiger partial charge in [-0.3, -0.25) is 0 Å². The molecule has 8 nitrogen and oxygen atoms in total. The van der Waals surface area contributed by atoms with E-state index in [-0.39, 0.29) is 11.3 Å². The molecular formula is C16H22O8. The molecule has 0 radical (unpaired) electrons. The molecule has 24 heavy (non-hydrogen) atoms. The second kappa shape index (κ2) is 7.06. The molecule has 134 valence electrons. The minimum Gasteiger partial charge on any atom is -0.478 e. The van der Waals surface area contributed by atoms with Crippen molar-refractivity contribution < 1.29 is 39.4 Å². The molecule has 0 spiro atoms. The van der Waals surface area contributed by atoms with Gasteiger partial charge in [-0.2, -0.15) is 9.78 Å². The predicted molar refractivity (Wildman–Crippen MR) is 83.3 cm³/mol. The number of carboxylic acids is 2. The average Bonchev–Trinajstić information content (AvgIpc) is 2.39. The van der Waals surface area contributed by atoms with Crippen LogP contribution >= 0.6 is 0 Å². The zero-order chi connectivity index (χ0) is 18.7. The standard InChI is InChI=1S/C16H22O8/c1-15(2,3)23-21-10-8-7-9(13(17)18)12(11(10)14(19)20)22-24-16(4,5)6/h7-8H,1-6H3,(H,17,18)(H,19,20). The summed E-state index contributed by atoms with van der Waals surface area (Å²) in [5.41, 5.74) is -2.38. The van der Waals surface area contributed by atoms with Crippen LogP contribution < -0.4 is 9.78 Å². The third-order valence-corrected chi connectivity index (χ3v) is 2.32. The molecule has 0 saturated carbocycles. The molecule has 1 aromatic rings. The number of hydrogen-bond acceptors (Lipinski definition) is 6. The summed E-state index contributed by atoms with van der Waals surface area (Å²) in [5, 5.41) is 18.7. The Morgan fingerprint density at radius 2 is 1.33 bits per heavy atom. The van der Waals surface area contributed by atoms with E-state index < -0.39 is 34.5 Å². The summed E-state index contributed by atoms with van der Waals surface area (Å²) >= 11 is 0. The van der Waals surface area contributed by atoms with Gasteiger partial charge in [0.2, 0.25) is 0 Å². The van der Waals surface area contributed by atoms with Gasteiger partial charge in [-0.05, 0) is 53.7 Å². The van der Waals surface area contributed by atoms with Gasteiger partial charge < -0.3 is 20.0 Å². The maximum atomic E-state index is 11.6. The van der Waals surface area contributed by atoms with Gasteiger partial charge in [0.25, 0.3) is 0 Å². The normalized spacial score (nSPS) is 11.9. The second-order valence-electron chi connectivity index (χ2n) is 6.98. The zero-order valence-electron chi connectivity index (χ0n) is 14.5. The minimum absolute atomic E-state index is 0.199. The highest BCUT2D eigenvalue weighted by Crippen LogP contribution is 2.34. The third kappa shape index (κ3) is 5.71. The van der Waals surface area contributed by atoms with E-state index in [1.54, 1.807) is 41.5 Å². The van der Waals surface area contributed by atoms with Crippen LogP contribution in [0.5, 0.6) is 11.5 Å². The third-order valence-electron chi connectivity index (χ3n) is 2.32. The highest BCUT2D eigenvalue weighted by molar-refractivity contribution is 6.00. The molecule has 2 N–H and O–H groups in total. The van der Waals surface area contributed by atoms with Crippen molar-refractivity contribution in [2.45, 2.75) is 52.7 Å². The van der Waals surface area contributed by atoms with Gasteiger partial charge in [-0.25, -0.2) is 9.59 Å². The first kappa shape index (κ1) is 19.7. The summed E-state index contributed by atoms with van der Waals surface area (Å²) in [7, 11) is 0. The Balaban J connectivity index is 3.37. The fraction of sp³-hybridized carbons (Fsp3) is 0.500. The Hall–Kier alpha value is -2.32. The molecule has 0 heterocycles. The molecule has 0 aromatic heterocycles.